The highest BCUT2D eigenvalue weighted by Gasteiger charge is 2.46. The van der Waals surface area contributed by atoms with E-state index < -0.39 is 58.6 Å². The quantitative estimate of drug-likeness (QED) is 0.0990. The molecule has 1 fully saturated rings. The first-order valence-corrected chi connectivity index (χ1v) is 18.6. The molecule has 4 atom stereocenters. The number of carbonyl (C=O) groups is 5. The molecule has 1 saturated heterocycles. The fourth-order valence-electron chi connectivity index (χ4n) is 5.87. The van der Waals surface area contributed by atoms with Gasteiger partial charge in [0.15, 0.2) is 0 Å². The van der Waals surface area contributed by atoms with Gasteiger partial charge in [0, 0.05) is 23.6 Å². The van der Waals surface area contributed by atoms with Gasteiger partial charge in [0.2, 0.25) is 17.6 Å². The third-order valence-electron chi connectivity index (χ3n) is 8.19. The predicted octanol–water partition coefficient (Wildman–Crippen LogP) is 5.68. The number of nitrogens with one attached hydrogen (secondary N) is 3. The number of terminal acetylenes is 1. The summed E-state index contributed by atoms with van der Waals surface area (Å²) in [6.07, 6.45) is 9.39. The molecule has 11 heteroatoms. The van der Waals surface area contributed by atoms with Gasteiger partial charge in [-0.25, -0.2) is 4.79 Å². The van der Waals surface area contributed by atoms with Crippen molar-refractivity contribution in [3.63, 3.8) is 0 Å². The summed E-state index contributed by atoms with van der Waals surface area (Å²) < 4.78 is 0. The maximum absolute atomic E-state index is 14.1. The molecule has 0 aliphatic carbocycles. The maximum Gasteiger partial charge on any atom is 0.315 e. The first kappa shape index (κ1) is 43.5. The molecule has 4 unspecified atom stereocenters. The Kier molecular flexibility index (Phi) is 18.5. The fraction of sp³-hybridized carbons (Fsp3) is 0.658. The maximum atomic E-state index is 14.1. The first-order valence-electron chi connectivity index (χ1n) is 17.6. The molecular formula is C38H61N5O5S. The van der Waals surface area contributed by atoms with E-state index in [1.807, 2.05) is 58.0 Å². The van der Waals surface area contributed by atoms with Gasteiger partial charge in [-0.3, -0.25) is 19.2 Å². The van der Waals surface area contributed by atoms with Gasteiger partial charge in [-0.2, -0.15) is 0 Å². The molecule has 5 N–H and O–H groups in total. The number of primary amides is 1. The van der Waals surface area contributed by atoms with Crippen LogP contribution in [0.25, 0.3) is 0 Å². The van der Waals surface area contributed by atoms with Gasteiger partial charge in [-0.1, -0.05) is 93.4 Å². The minimum atomic E-state index is -1.18. The Morgan fingerprint density at radius 3 is 2.08 bits per heavy atom. The minimum absolute atomic E-state index is 0.0469. The summed E-state index contributed by atoms with van der Waals surface area (Å²) in [5.41, 5.74) is 4.03. The molecule has 49 heavy (non-hydrogen) atoms. The normalized spacial score (nSPS) is 17.2. The summed E-state index contributed by atoms with van der Waals surface area (Å²) in [6, 6.07) is 6.59. The Hall–Kier alpha value is -3.52. The second kappa shape index (κ2) is 20.9. The van der Waals surface area contributed by atoms with E-state index in [9.17, 15) is 24.0 Å². The monoisotopic (exact) mass is 699 g/mol. The number of benzene rings is 1. The SMILES string of the molecule is C#CCCC(NC(=O)C1C(C)CCN1C(=O)C(NC(=O)NC(CCC)(CCC)CSc1ccccc1)C(C)(C)C)C(=O)C(N)=O.CC(C)C. The van der Waals surface area contributed by atoms with Gasteiger partial charge < -0.3 is 26.6 Å². The van der Waals surface area contributed by atoms with Crippen molar-refractivity contribution >= 4 is 41.3 Å². The zero-order valence-electron chi connectivity index (χ0n) is 31.2. The molecule has 1 aliphatic rings. The molecule has 274 valence electrons. The minimum Gasteiger partial charge on any atom is -0.363 e. The van der Waals surface area contributed by atoms with Gasteiger partial charge in [0.25, 0.3) is 5.91 Å². The Labute approximate surface area is 299 Å². The van der Waals surface area contributed by atoms with E-state index >= 15 is 0 Å². The Morgan fingerprint density at radius 1 is 1.02 bits per heavy atom. The van der Waals surface area contributed by atoms with Crippen LogP contribution in [0.4, 0.5) is 4.79 Å². The van der Waals surface area contributed by atoms with Crippen molar-refractivity contribution in [1.29, 1.82) is 0 Å². The van der Waals surface area contributed by atoms with Crippen LogP contribution in [0.3, 0.4) is 0 Å². The molecule has 0 spiro atoms. The number of rotatable bonds is 16. The second-order valence-electron chi connectivity index (χ2n) is 14.8. The van der Waals surface area contributed by atoms with Crippen LogP contribution in [-0.4, -0.2) is 70.4 Å². The van der Waals surface area contributed by atoms with Crippen LogP contribution < -0.4 is 21.7 Å². The summed E-state index contributed by atoms with van der Waals surface area (Å²) in [5.74, 6) is 0.619. The van der Waals surface area contributed by atoms with Gasteiger partial charge in [0.05, 0.1) is 11.6 Å². The molecule has 1 heterocycles. The smallest absolute Gasteiger partial charge is 0.315 e. The Morgan fingerprint density at radius 2 is 1.59 bits per heavy atom. The summed E-state index contributed by atoms with van der Waals surface area (Å²) >= 11 is 1.69. The Bertz CT molecular complexity index is 1260. The van der Waals surface area contributed by atoms with Crippen molar-refractivity contribution in [2.45, 2.75) is 136 Å². The van der Waals surface area contributed by atoms with Crippen molar-refractivity contribution < 1.29 is 24.0 Å². The number of carbonyl (C=O) groups excluding carboxylic acids is 5. The Balaban J connectivity index is 0.00000283. The fourth-order valence-corrected chi connectivity index (χ4v) is 7.02. The third kappa shape index (κ3) is 14.5. The lowest BCUT2D eigenvalue weighted by atomic mass is 9.85. The number of nitrogens with zero attached hydrogens (tertiary/aromatic N) is 1. The molecule has 1 aromatic carbocycles. The van der Waals surface area contributed by atoms with Crippen LogP contribution in [0.1, 0.15) is 107 Å². The van der Waals surface area contributed by atoms with Crippen molar-refractivity contribution in [2.24, 2.45) is 23.0 Å². The number of ketones is 1. The summed E-state index contributed by atoms with van der Waals surface area (Å²) in [7, 11) is 0. The number of hydrogen-bond donors (Lipinski definition) is 4. The number of nitrogens with two attached hydrogens (primary N) is 1. The van der Waals surface area contributed by atoms with Gasteiger partial charge in [-0.15, -0.1) is 24.1 Å². The van der Waals surface area contributed by atoms with Crippen molar-refractivity contribution in [3.8, 4) is 12.3 Å². The van der Waals surface area contributed by atoms with E-state index in [0.717, 1.165) is 36.5 Å². The number of Topliss-reactive ketones (excluding diaryl/α,β-unsaturated/α-hetero) is 1. The standard InChI is InChI=1S/C34H51N5O5S.C4H10/c1-8-11-17-25(27(40)29(35)41)36-30(42)26-23(4)18-21-39(26)31(43)28(33(5,6)7)37-32(44)38-34(19-9-2,20-10-3)22-45-24-15-13-12-14-16-24;1-4(2)3/h1,12-16,23,25-26,28H,9-11,17-22H2,2-7H3,(H2,35,41)(H,36,42)(H2,37,38,44);4H,1-3H3. The molecule has 1 aromatic rings. The number of amides is 5. The van der Waals surface area contributed by atoms with Gasteiger partial charge in [0.1, 0.15) is 12.1 Å². The summed E-state index contributed by atoms with van der Waals surface area (Å²) in [4.78, 5) is 67.9. The molecule has 2 rings (SSSR count). The van der Waals surface area contributed by atoms with E-state index in [1.165, 1.54) is 4.90 Å². The number of hydrogen-bond acceptors (Lipinski definition) is 6. The molecule has 5 amide bonds. The largest absolute Gasteiger partial charge is 0.363 e. The summed E-state index contributed by atoms with van der Waals surface area (Å²) in [5, 5.41) is 8.82. The van der Waals surface area contributed by atoms with Crippen LogP contribution in [0.15, 0.2) is 35.2 Å². The predicted molar refractivity (Wildman–Crippen MR) is 199 cm³/mol. The number of urea groups is 1. The van der Waals surface area contributed by atoms with Crippen molar-refractivity contribution in [1.82, 2.24) is 20.9 Å². The first-order chi connectivity index (χ1) is 22.9. The van der Waals surface area contributed by atoms with E-state index in [-0.39, 0.29) is 18.8 Å². The summed E-state index contributed by atoms with van der Waals surface area (Å²) in [6.45, 7) is 18.4. The van der Waals surface area contributed by atoms with E-state index in [0.29, 0.717) is 18.7 Å². The molecule has 0 saturated carbocycles. The molecule has 0 bridgehead atoms. The highest BCUT2D eigenvalue weighted by molar-refractivity contribution is 7.99. The van der Waals surface area contributed by atoms with E-state index in [1.54, 1.807) is 11.8 Å². The lowest BCUT2D eigenvalue weighted by molar-refractivity contribution is -0.144. The highest BCUT2D eigenvalue weighted by Crippen LogP contribution is 2.31. The van der Waals surface area contributed by atoms with Crippen LogP contribution >= 0.6 is 11.8 Å². The molecule has 1 aliphatic heterocycles. The van der Waals surface area contributed by atoms with Crippen LogP contribution in [-0.2, 0) is 19.2 Å². The van der Waals surface area contributed by atoms with Gasteiger partial charge in [-0.05, 0) is 55.1 Å². The van der Waals surface area contributed by atoms with Crippen LogP contribution in [0, 0.1) is 29.6 Å². The average Bonchev–Trinajstić information content (AvgIpc) is 3.41. The topological polar surface area (TPSA) is 151 Å². The van der Waals surface area contributed by atoms with Crippen molar-refractivity contribution in [2.75, 3.05) is 12.3 Å². The molecule has 10 nitrogen and oxygen atoms in total. The van der Waals surface area contributed by atoms with E-state index in [4.69, 9.17) is 12.2 Å². The zero-order valence-corrected chi connectivity index (χ0v) is 32.0. The third-order valence-corrected chi connectivity index (χ3v) is 9.49. The molecular weight excluding hydrogens is 639 g/mol. The molecule has 0 radical (unpaired) electrons. The zero-order chi connectivity index (χ0) is 37.4. The number of thioether (sulfide) groups is 1. The van der Waals surface area contributed by atoms with Crippen LogP contribution in [0.5, 0.6) is 0 Å². The lowest BCUT2D eigenvalue weighted by Gasteiger charge is -2.38. The van der Waals surface area contributed by atoms with Gasteiger partial charge >= 0.3 is 6.03 Å². The van der Waals surface area contributed by atoms with Crippen LogP contribution in [0.2, 0.25) is 0 Å². The van der Waals surface area contributed by atoms with Crippen molar-refractivity contribution in [3.05, 3.63) is 30.3 Å². The highest BCUT2D eigenvalue weighted by atomic mass is 32.2. The second-order valence-corrected chi connectivity index (χ2v) is 15.8. The van der Waals surface area contributed by atoms with E-state index in [2.05, 4.69) is 56.5 Å². The molecule has 0 aromatic heterocycles. The number of likely N-dealkylation sites (tertiary alicyclic amines) is 1. The average molecular weight is 700 g/mol. The lowest BCUT2D eigenvalue weighted by Crippen LogP contribution is -2.62.